The van der Waals surface area contributed by atoms with Gasteiger partial charge in [-0.15, -0.1) is 0 Å². The molecule has 0 unspecified atom stereocenters. The second kappa shape index (κ2) is 5.95. The summed E-state index contributed by atoms with van der Waals surface area (Å²) >= 11 is 0. The summed E-state index contributed by atoms with van der Waals surface area (Å²) in [4.78, 5) is 13.7. The highest BCUT2D eigenvalue weighted by atomic mass is 16.6. The molecule has 1 N–H and O–H groups in total. The molecule has 2 rings (SSSR count). The van der Waals surface area contributed by atoms with Crippen LogP contribution in [0.25, 0.3) is 0 Å². The van der Waals surface area contributed by atoms with Crippen LogP contribution in [0.2, 0.25) is 0 Å². The zero-order chi connectivity index (χ0) is 13.9. The fourth-order valence-corrected chi connectivity index (χ4v) is 2.25. The summed E-state index contributed by atoms with van der Waals surface area (Å²) in [6, 6.07) is 0.727. The maximum atomic E-state index is 11.9. The molecule has 108 valence electrons. The second-order valence-corrected chi connectivity index (χ2v) is 6.55. The zero-order valence-corrected chi connectivity index (χ0v) is 12.4. The van der Waals surface area contributed by atoms with Crippen LogP contribution in [-0.4, -0.2) is 42.3 Å². The highest BCUT2D eigenvalue weighted by Gasteiger charge is 2.24. The van der Waals surface area contributed by atoms with E-state index >= 15 is 0 Å². The summed E-state index contributed by atoms with van der Waals surface area (Å²) < 4.78 is 5.38. The molecule has 0 spiro atoms. The van der Waals surface area contributed by atoms with Gasteiger partial charge in [0.15, 0.2) is 0 Å². The molecule has 19 heavy (non-hydrogen) atoms. The number of nitrogens with one attached hydrogen (secondary N) is 1. The second-order valence-electron chi connectivity index (χ2n) is 6.55. The van der Waals surface area contributed by atoms with Crippen molar-refractivity contribution in [3.05, 3.63) is 11.6 Å². The Morgan fingerprint density at radius 2 is 2.21 bits per heavy atom. The molecule has 1 fully saturated rings. The third-order valence-corrected chi connectivity index (χ3v) is 3.68. The molecule has 0 aromatic rings. The lowest BCUT2D eigenvalue weighted by Gasteiger charge is -2.31. The van der Waals surface area contributed by atoms with Crippen molar-refractivity contribution >= 4 is 6.09 Å². The minimum atomic E-state index is -0.410. The predicted octanol–water partition coefficient (Wildman–Crippen LogP) is 2.70. The van der Waals surface area contributed by atoms with Gasteiger partial charge in [0.05, 0.1) is 0 Å². The normalized spacial score (nSPS) is 20.8. The van der Waals surface area contributed by atoms with E-state index in [1.165, 1.54) is 24.8 Å². The van der Waals surface area contributed by atoms with Crippen LogP contribution in [0.1, 0.15) is 46.5 Å². The van der Waals surface area contributed by atoms with Gasteiger partial charge in [-0.05, 0) is 40.0 Å². The quantitative estimate of drug-likeness (QED) is 0.799. The molecule has 0 radical (unpaired) electrons. The Balaban J connectivity index is 1.73. The number of amides is 1. The van der Waals surface area contributed by atoms with E-state index in [1.807, 2.05) is 20.8 Å². The number of rotatable bonds is 3. The summed E-state index contributed by atoms with van der Waals surface area (Å²) in [5.41, 5.74) is 1.01. The fourth-order valence-electron chi connectivity index (χ4n) is 2.25. The Kier molecular flexibility index (Phi) is 4.50. The van der Waals surface area contributed by atoms with Gasteiger partial charge in [0.1, 0.15) is 5.60 Å². The summed E-state index contributed by atoms with van der Waals surface area (Å²) in [6.07, 6.45) is 6.92. The third kappa shape index (κ3) is 4.53. The Bertz CT molecular complexity index is 354. The smallest absolute Gasteiger partial charge is 0.410 e. The van der Waals surface area contributed by atoms with Crippen LogP contribution in [0.4, 0.5) is 4.79 Å². The van der Waals surface area contributed by atoms with Crippen LogP contribution < -0.4 is 5.32 Å². The molecular formula is C15H26N2O2. The van der Waals surface area contributed by atoms with Crippen molar-refractivity contribution in [2.75, 3.05) is 19.6 Å². The molecule has 1 saturated carbocycles. The first-order valence-electron chi connectivity index (χ1n) is 7.33. The SMILES string of the molecule is CC(C)(C)OC(=O)N1CC=C(CNC2CCC2)CC1. The molecule has 0 saturated heterocycles. The predicted molar refractivity (Wildman–Crippen MR) is 76.1 cm³/mol. The lowest BCUT2D eigenvalue weighted by Crippen LogP contribution is -2.41. The lowest BCUT2D eigenvalue weighted by atomic mass is 9.93. The fraction of sp³-hybridized carbons (Fsp3) is 0.800. The number of carbonyl (C=O) groups is 1. The van der Waals surface area contributed by atoms with Crippen LogP contribution >= 0.6 is 0 Å². The molecule has 2 aliphatic rings. The van der Waals surface area contributed by atoms with Crippen molar-refractivity contribution in [3.63, 3.8) is 0 Å². The van der Waals surface area contributed by atoms with Crippen LogP contribution in [0.3, 0.4) is 0 Å². The Morgan fingerprint density at radius 1 is 1.47 bits per heavy atom. The van der Waals surface area contributed by atoms with Gasteiger partial charge in [0.25, 0.3) is 0 Å². The highest BCUT2D eigenvalue weighted by molar-refractivity contribution is 5.68. The summed E-state index contributed by atoms with van der Waals surface area (Å²) in [5, 5.41) is 3.57. The average Bonchev–Trinajstić information content (AvgIpc) is 2.25. The number of nitrogens with zero attached hydrogens (tertiary/aromatic N) is 1. The molecule has 1 amide bonds. The third-order valence-electron chi connectivity index (χ3n) is 3.68. The van der Waals surface area contributed by atoms with Gasteiger partial charge in [-0.25, -0.2) is 4.79 Å². The number of hydrogen-bond donors (Lipinski definition) is 1. The van der Waals surface area contributed by atoms with Crippen molar-refractivity contribution in [3.8, 4) is 0 Å². The topological polar surface area (TPSA) is 41.6 Å². The van der Waals surface area contributed by atoms with Crippen molar-refractivity contribution in [1.29, 1.82) is 0 Å². The van der Waals surface area contributed by atoms with Crippen molar-refractivity contribution in [2.24, 2.45) is 0 Å². The van der Waals surface area contributed by atoms with E-state index in [1.54, 1.807) is 4.90 Å². The number of hydrogen-bond acceptors (Lipinski definition) is 3. The van der Waals surface area contributed by atoms with E-state index in [2.05, 4.69) is 11.4 Å². The largest absolute Gasteiger partial charge is 0.444 e. The van der Waals surface area contributed by atoms with E-state index in [4.69, 9.17) is 4.74 Å². The van der Waals surface area contributed by atoms with E-state index < -0.39 is 5.60 Å². The Morgan fingerprint density at radius 3 is 2.68 bits per heavy atom. The first-order chi connectivity index (χ1) is 8.94. The molecule has 0 bridgehead atoms. The standard InChI is InChI=1S/C15H26N2O2/c1-15(2,3)19-14(18)17-9-7-12(8-10-17)11-16-13-5-4-6-13/h7,13,16H,4-6,8-11H2,1-3H3. The first kappa shape index (κ1) is 14.4. The van der Waals surface area contributed by atoms with Crippen molar-refractivity contribution < 1.29 is 9.53 Å². The highest BCUT2D eigenvalue weighted by Crippen LogP contribution is 2.19. The van der Waals surface area contributed by atoms with Crippen LogP contribution in [0.15, 0.2) is 11.6 Å². The first-order valence-corrected chi connectivity index (χ1v) is 7.33. The molecule has 4 nitrogen and oxygen atoms in total. The molecule has 4 heteroatoms. The lowest BCUT2D eigenvalue weighted by molar-refractivity contribution is 0.0265. The van der Waals surface area contributed by atoms with E-state index in [9.17, 15) is 4.79 Å². The average molecular weight is 266 g/mol. The molecule has 1 aliphatic heterocycles. The van der Waals surface area contributed by atoms with Gasteiger partial charge in [0, 0.05) is 25.7 Å². The molecule has 0 aromatic carbocycles. The van der Waals surface area contributed by atoms with Crippen LogP contribution in [0.5, 0.6) is 0 Å². The summed E-state index contributed by atoms with van der Waals surface area (Å²) in [6.45, 7) is 8.13. The zero-order valence-electron chi connectivity index (χ0n) is 12.4. The summed E-state index contributed by atoms with van der Waals surface area (Å²) in [5.74, 6) is 0. The summed E-state index contributed by atoms with van der Waals surface area (Å²) in [7, 11) is 0. The molecule has 1 heterocycles. The van der Waals surface area contributed by atoms with E-state index in [0.717, 1.165) is 25.6 Å². The Hall–Kier alpha value is -1.03. The molecule has 0 atom stereocenters. The number of carbonyl (C=O) groups excluding carboxylic acids is 1. The number of ether oxygens (including phenoxy) is 1. The van der Waals surface area contributed by atoms with Gasteiger partial charge >= 0.3 is 6.09 Å². The van der Waals surface area contributed by atoms with Crippen LogP contribution in [-0.2, 0) is 4.74 Å². The maximum Gasteiger partial charge on any atom is 0.410 e. The molecule has 0 aromatic heterocycles. The molecule has 1 aliphatic carbocycles. The van der Waals surface area contributed by atoms with Gasteiger partial charge in [-0.1, -0.05) is 18.1 Å². The molecular weight excluding hydrogens is 240 g/mol. The Labute approximate surface area is 116 Å². The van der Waals surface area contributed by atoms with Gasteiger partial charge < -0.3 is 15.0 Å². The minimum absolute atomic E-state index is 0.199. The van der Waals surface area contributed by atoms with Crippen molar-refractivity contribution in [1.82, 2.24) is 10.2 Å². The monoisotopic (exact) mass is 266 g/mol. The maximum absolute atomic E-state index is 11.9. The van der Waals surface area contributed by atoms with Gasteiger partial charge in [0.2, 0.25) is 0 Å². The van der Waals surface area contributed by atoms with Crippen LogP contribution in [0, 0.1) is 0 Å². The van der Waals surface area contributed by atoms with Crippen molar-refractivity contribution in [2.45, 2.75) is 58.1 Å². The van der Waals surface area contributed by atoms with E-state index in [0.29, 0.717) is 6.54 Å². The van der Waals surface area contributed by atoms with E-state index in [-0.39, 0.29) is 6.09 Å². The van der Waals surface area contributed by atoms with Gasteiger partial charge in [-0.3, -0.25) is 0 Å². The minimum Gasteiger partial charge on any atom is -0.444 e. The van der Waals surface area contributed by atoms with Gasteiger partial charge in [-0.2, -0.15) is 0 Å².